The zero-order valence-corrected chi connectivity index (χ0v) is 14.3. The smallest absolute Gasteiger partial charge is 0.291 e. The Morgan fingerprint density at radius 2 is 2.00 bits per heavy atom. The van der Waals surface area contributed by atoms with Gasteiger partial charge in [0.05, 0.1) is 5.52 Å². The van der Waals surface area contributed by atoms with Gasteiger partial charge in [-0.2, -0.15) is 0 Å². The summed E-state index contributed by atoms with van der Waals surface area (Å²) in [7, 11) is 0. The van der Waals surface area contributed by atoms with Crippen LogP contribution in [0.5, 0.6) is 0 Å². The third-order valence-corrected chi connectivity index (χ3v) is 4.32. The highest BCUT2D eigenvalue weighted by Crippen LogP contribution is 2.25. The molecule has 2 aromatic carbocycles. The third-order valence-electron chi connectivity index (χ3n) is 4.08. The number of nitrogens with zero attached hydrogens (tertiary/aromatic N) is 1. The number of aromatic nitrogens is 1. The van der Waals surface area contributed by atoms with E-state index >= 15 is 0 Å². The quantitative estimate of drug-likeness (QED) is 0.534. The van der Waals surface area contributed by atoms with Gasteiger partial charge in [0, 0.05) is 21.5 Å². The van der Waals surface area contributed by atoms with Gasteiger partial charge in [0.15, 0.2) is 5.76 Å². The molecule has 0 atom stereocenters. The van der Waals surface area contributed by atoms with Crippen molar-refractivity contribution in [2.75, 3.05) is 5.32 Å². The Morgan fingerprint density at radius 3 is 2.84 bits per heavy atom. The number of rotatable bonds is 3. The first-order valence-electron chi connectivity index (χ1n) is 8.02. The average Bonchev–Trinajstić information content (AvgIpc) is 3.03. The highest BCUT2D eigenvalue weighted by molar-refractivity contribution is 6.31. The molecule has 0 radical (unpaired) electrons. The Labute approximate surface area is 149 Å². The van der Waals surface area contributed by atoms with Crippen LogP contribution in [0.4, 0.5) is 5.69 Å². The van der Waals surface area contributed by atoms with Crippen molar-refractivity contribution >= 4 is 45.2 Å². The fourth-order valence-electron chi connectivity index (χ4n) is 2.77. The number of amides is 1. The number of carbonyl (C=O) groups excluding carboxylic acids is 1. The molecule has 4 rings (SSSR count). The molecule has 0 bridgehead atoms. The lowest BCUT2D eigenvalue weighted by Crippen LogP contribution is -2.10. The van der Waals surface area contributed by atoms with Crippen LogP contribution < -0.4 is 5.32 Å². The standard InChI is InChI=1S/C20H15ClN2O2/c1-2-12-4-3-5-16(8-12)22-19(24)18-10-14-9-13-6-7-15(21)11-17(13)23-20(14)25-18/h3-11H,2H2,1H3,(H,22,24). The molecule has 124 valence electrons. The van der Waals surface area contributed by atoms with Crippen molar-refractivity contribution in [2.24, 2.45) is 0 Å². The average molecular weight is 351 g/mol. The summed E-state index contributed by atoms with van der Waals surface area (Å²) in [5.74, 6) is -0.0702. The maximum absolute atomic E-state index is 12.5. The van der Waals surface area contributed by atoms with Gasteiger partial charge in [0.25, 0.3) is 5.91 Å². The summed E-state index contributed by atoms with van der Waals surface area (Å²) in [4.78, 5) is 16.9. The molecule has 1 amide bonds. The summed E-state index contributed by atoms with van der Waals surface area (Å²) in [5, 5.41) is 5.20. The van der Waals surface area contributed by atoms with E-state index in [1.807, 2.05) is 42.5 Å². The Morgan fingerprint density at radius 1 is 1.12 bits per heavy atom. The van der Waals surface area contributed by atoms with E-state index < -0.39 is 0 Å². The van der Waals surface area contributed by atoms with Crippen LogP contribution in [0, 0.1) is 0 Å². The minimum absolute atomic E-state index is 0.228. The molecule has 0 saturated carbocycles. The topological polar surface area (TPSA) is 55.1 Å². The van der Waals surface area contributed by atoms with E-state index in [1.165, 1.54) is 0 Å². The van der Waals surface area contributed by atoms with E-state index in [4.69, 9.17) is 16.0 Å². The van der Waals surface area contributed by atoms with Crippen LogP contribution in [0.1, 0.15) is 23.0 Å². The van der Waals surface area contributed by atoms with Crippen LogP contribution in [0.3, 0.4) is 0 Å². The lowest BCUT2D eigenvalue weighted by atomic mass is 10.1. The fourth-order valence-corrected chi connectivity index (χ4v) is 2.94. The molecule has 0 saturated heterocycles. The SMILES string of the molecule is CCc1cccc(NC(=O)c2cc3cc4ccc(Cl)cc4nc3o2)c1. The number of aryl methyl sites for hydroxylation is 1. The van der Waals surface area contributed by atoms with Crippen LogP contribution >= 0.6 is 11.6 Å². The molecule has 2 heterocycles. The lowest BCUT2D eigenvalue weighted by Gasteiger charge is -2.04. The molecular formula is C20H15ClN2O2. The normalized spacial score (nSPS) is 11.1. The molecule has 2 aromatic heterocycles. The number of nitrogens with one attached hydrogen (secondary N) is 1. The van der Waals surface area contributed by atoms with Gasteiger partial charge >= 0.3 is 0 Å². The van der Waals surface area contributed by atoms with Crippen molar-refractivity contribution in [2.45, 2.75) is 13.3 Å². The fraction of sp³-hybridized carbons (Fsp3) is 0.100. The van der Waals surface area contributed by atoms with Gasteiger partial charge in [-0.25, -0.2) is 4.98 Å². The summed E-state index contributed by atoms with van der Waals surface area (Å²) in [6.07, 6.45) is 0.910. The van der Waals surface area contributed by atoms with Crippen LogP contribution in [-0.2, 0) is 6.42 Å². The summed E-state index contributed by atoms with van der Waals surface area (Å²) >= 11 is 6.01. The number of pyridine rings is 1. The van der Waals surface area contributed by atoms with Crippen molar-refractivity contribution < 1.29 is 9.21 Å². The Bertz CT molecular complexity index is 1100. The predicted molar refractivity (Wildman–Crippen MR) is 100 cm³/mol. The molecule has 0 aliphatic heterocycles. The summed E-state index contributed by atoms with van der Waals surface area (Å²) < 4.78 is 5.64. The van der Waals surface area contributed by atoms with Gasteiger partial charge in [0.1, 0.15) is 0 Å². The first kappa shape index (κ1) is 15.7. The number of fused-ring (bicyclic) bond motifs is 2. The molecule has 0 spiro atoms. The van der Waals surface area contributed by atoms with Crippen molar-refractivity contribution in [1.82, 2.24) is 4.98 Å². The van der Waals surface area contributed by atoms with Crippen LogP contribution in [0.2, 0.25) is 5.02 Å². The number of hydrogen-bond acceptors (Lipinski definition) is 3. The van der Waals surface area contributed by atoms with Crippen molar-refractivity contribution in [3.63, 3.8) is 0 Å². The Hall–Kier alpha value is -2.85. The van der Waals surface area contributed by atoms with E-state index in [2.05, 4.69) is 17.2 Å². The second-order valence-corrected chi connectivity index (χ2v) is 6.27. The zero-order chi connectivity index (χ0) is 17.4. The number of anilines is 1. The molecule has 4 aromatic rings. The van der Waals surface area contributed by atoms with Gasteiger partial charge in [-0.15, -0.1) is 0 Å². The highest BCUT2D eigenvalue weighted by atomic mass is 35.5. The second kappa shape index (κ2) is 6.22. The van der Waals surface area contributed by atoms with Crippen LogP contribution in [0.15, 0.2) is 59.0 Å². The predicted octanol–water partition coefficient (Wildman–Crippen LogP) is 5.45. The molecule has 0 aliphatic rings. The summed E-state index contributed by atoms with van der Waals surface area (Å²) in [6, 6.07) is 16.9. The molecule has 5 heteroatoms. The lowest BCUT2D eigenvalue weighted by molar-refractivity contribution is 0.0998. The van der Waals surface area contributed by atoms with Crippen molar-refractivity contribution in [1.29, 1.82) is 0 Å². The minimum atomic E-state index is -0.298. The van der Waals surface area contributed by atoms with Crippen molar-refractivity contribution in [3.8, 4) is 0 Å². The Balaban J connectivity index is 1.68. The summed E-state index contributed by atoms with van der Waals surface area (Å²) in [5.41, 5.74) is 3.06. The summed E-state index contributed by atoms with van der Waals surface area (Å²) in [6.45, 7) is 2.07. The van der Waals surface area contributed by atoms with E-state index in [1.54, 1.807) is 12.1 Å². The highest BCUT2D eigenvalue weighted by Gasteiger charge is 2.14. The maximum atomic E-state index is 12.5. The Kier molecular flexibility index (Phi) is 3.90. The minimum Gasteiger partial charge on any atom is -0.433 e. The zero-order valence-electron chi connectivity index (χ0n) is 13.5. The monoisotopic (exact) mass is 350 g/mol. The maximum Gasteiger partial charge on any atom is 0.291 e. The van der Waals surface area contributed by atoms with Crippen molar-refractivity contribution in [3.05, 3.63) is 70.9 Å². The van der Waals surface area contributed by atoms with Gasteiger partial charge in [-0.05, 0) is 48.4 Å². The van der Waals surface area contributed by atoms with E-state index in [-0.39, 0.29) is 11.7 Å². The molecular weight excluding hydrogens is 336 g/mol. The van der Waals surface area contributed by atoms with Crippen LogP contribution in [-0.4, -0.2) is 10.9 Å². The largest absolute Gasteiger partial charge is 0.433 e. The van der Waals surface area contributed by atoms with Crippen LogP contribution in [0.25, 0.3) is 22.0 Å². The van der Waals surface area contributed by atoms with Gasteiger partial charge in [-0.3, -0.25) is 4.79 Å². The van der Waals surface area contributed by atoms with E-state index in [0.717, 1.165) is 34.0 Å². The van der Waals surface area contributed by atoms with E-state index in [9.17, 15) is 4.79 Å². The van der Waals surface area contributed by atoms with Gasteiger partial charge in [0.2, 0.25) is 5.71 Å². The number of carbonyl (C=O) groups is 1. The molecule has 1 N–H and O–H groups in total. The number of halogens is 1. The third kappa shape index (κ3) is 3.08. The van der Waals surface area contributed by atoms with Gasteiger partial charge in [-0.1, -0.05) is 36.7 Å². The number of furan rings is 1. The molecule has 0 unspecified atom stereocenters. The number of hydrogen-bond donors (Lipinski definition) is 1. The molecule has 0 aliphatic carbocycles. The molecule has 4 nitrogen and oxygen atoms in total. The first-order chi connectivity index (χ1) is 12.1. The molecule has 0 fully saturated rings. The first-order valence-corrected chi connectivity index (χ1v) is 8.40. The molecule has 25 heavy (non-hydrogen) atoms. The number of benzene rings is 2. The van der Waals surface area contributed by atoms with Gasteiger partial charge < -0.3 is 9.73 Å². The second-order valence-electron chi connectivity index (χ2n) is 5.84. The van der Waals surface area contributed by atoms with E-state index in [0.29, 0.717) is 10.7 Å².